The number of carbonyl (C=O) groups is 2. The van der Waals surface area contributed by atoms with Gasteiger partial charge in [0.05, 0.1) is 6.61 Å². The van der Waals surface area contributed by atoms with Crippen molar-refractivity contribution < 1.29 is 14.3 Å². The van der Waals surface area contributed by atoms with E-state index in [1.165, 1.54) is 5.57 Å². The van der Waals surface area contributed by atoms with E-state index in [0.29, 0.717) is 6.61 Å². The van der Waals surface area contributed by atoms with Gasteiger partial charge in [-0.25, -0.2) is 4.79 Å². The topological polar surface area (TPSA) is 46.6 Å². The van der Waals surface area contributed by atoms with Crippen LogP contribution >= 0.6 is 0 Å². The minimum atomic E-state index is -0.266. The summed E-state index contributed by atoms with van der Waals surface area (Å²) in [6, 6.07) is 0.404. The molecule has 0 aliphatic rings. The average molecular weight is 378 g/mol. The lowest BCUT2D eigenvalue weighted by atomic mass is 10.1. The van der Waals surface area contributed by atoms with Crippen LogP contribution in [0.3, 0.4) is 0 Å². The molecule has 0 atom stereocenters. The maximum Gasteiger partial charge on any atom is 0.330 e. The van der Waals surface area contributed by atoms with Crippen molar-refractivity contribution in [3.05, 3.63) is 34.9 Å². The van der Waals surface area contributed by atoms with Gasteiger partial charge in [0.25, 0.3) is 0 Å². The van der Waals surface area contributed by atoms with Crippen LogP contribution in [0.2, 0.25) is 0 Å². The van der Waals surface area contributed by atoms with E-state index in [4.69, 9.17) is 4.74 Å². The fourth-order valence-electron chi connectivity index (χ4n) is 2.98. The highest BCUT2D eigenvalue weighted by Gasteiger charge is 2.20. The van der Waals surface area contributed by atoms with Gasteiger partial charge in [-0.2, -0.15) is 0 Å². The predicted molar refractivity (Wildman–Crippen MR) is 113 cm³/mol. The zero-order valence-corrected chi connectivity index (χ0v) is 18.6. The largest absolute Gasteiger partial charge is 0.463 e. The van der Waals surface area contributed by atoms with Gasteiger partial charge in [-0.3, -0.25) is 4.79 Å². The number of nitrogens with zero attached hydrogens (tertiary/aromatic N) is 1. The molecule has 0 unspecified atom stereocenters. The normalized spacial score (nSPS) is 13.3. The van der Waals surface area contributed by atoms with Gasteiger partial charge in [0.15, 0.2) is 0 Å². The second-order valence-electron chi connectivity index (χ2n) is 7.66. The lowest BCUT2D eigenvalue weighted by molar-refractivity contribution is -0.137. The Hall–Kier alpha value is -1.84. The molecule has 0 bridgehead atoms. The van der Waals surface area contributed by atoms with Crippen LogP contribution < -0.4 is 0 Å². The number of hydrogen-bond donors (Lipinski definition) is 0. The Morgan fingerprint density at radius 2 is 1.41 bits per heavy atom. The number of ether oxygens (including phenoxy) is 1. The molecule has 0 aliphatic heterocycles. The molecule has 0 radical (unpaired) electrons. The standard InChI is InChI=1S/C23H39NO3/c1-9-27-22(25)16-20(7)14-10-12-19(6)13-11-15-21(8)23(26)24(17(2)3)18(4)5/h12,15-18H,9-11,13-14H2,1-8H3. The summed E-state index contributed by atoms with van der Waals surface area (Å²) in [5.74, 6) is -0.140. The molecule has 0 saturated carbocycles. The summed E-state index contributed by atoms with van der Waals surface area (Å²) in [6.07, 6.45) is 9.38. The van der Waals surface area contributed by atoms with Crippen molar-refractivity contribution in [1.82, 2.24) is 4.90 Å². The van der Waals surface area contributed by atoms with Crippen LogP contribution in [-0.2, 0) is 14.3 Å². The van der Waals surface area contributed by atoms with Gasteiger partial charge in [0, 0.05) is 23.7 Å². The second kappa shape index (κ2) is 13.3. The fraction of sp³-hybridized carbons (Fsp3) is 0.652. The zero-order valence-electron chi connectivity index (χ0n) is 18.6. The van der Waals surface area contributed by atoms with Crippen molar-refractivity contribution in [3.63, 3.8) is 0 Å². The number of rotatable bonds is 11. The highest BCUT2D eigenvalue weighted by molar-refractivity contribution is 5.93. The van der Waals surface area contributed by atoms with Gasteiger partial charge in [0.2, 0.25) is 5.91 Å². The van der Waals surface area contributed by atoms with Crippen molar-refractivity contribution in [2.24, 2.45) is 0 Å². The maximum atomic E-state index is 12.6. The summed E-state index contributed by atoms with van der Waals surface area (Å²) in [6.45, 7) is 16.4. The number of allylic oxidation sites excluding steroid dienone is 4. The number of carbonyl (C=O) groups excluding carboxylic acids is 2. The Kier molecular flexibility index (Phi) is 12.4. The van der Waals surface area contributed by atoms with Gasteiger partial charge < -0.3 is 9.64 Å². The molecule has 1 amide bonds. The van der Waals surface area contributed by atoms with Crippen LogP contribution in [0.1, 0.15) is 81.1 Å². The quantitative estimate of drug-likeness (QED) is 0.268. The van der Waals surface area contributed by atoms with Gasteiger partial charge in [-0.15, -0.1) is 0 Å². The van der Waals surface area contributed by atoms with E-state index < -0.39 is 0 Å². The number of hydrogen-bond acceptors (Lipinski definition) is 3. The monoisotopic (exact) mass is 377 g/mol. The first-order chi connectivity index (χ1) is 12.6. The van der Waals surface area contributed by atoms with Crippen LogP contribution in [0.4, 0.5) is 0 Å². The molecule has 27 heavy (non-hydrogen) atoms. The van der Waals surface area contributed by atoms with Crippen LogP contribution in [0.5, 0.6) is 0 Å². The molecule has 0 aromatic carbocycles. The third kappa shape index (κ3) is 10.8. The molecular weight excluding hydrogens is 338 g/mol. The summed E-state index contributed by atoms with van der Waals surface area (Å²) in [4.78, 5) is 25.9. The summed E-state index contributed by atoms with van der Waals surface area (Å²) >= 11 is 0. The maximum absolute atomic E-state index is 12.6. The second-order valence-corrected chi connectivity index (χ2v) is 7.66. The predicted octanol–water partition coefficient (Wildman–Crippen LogP) is 5.59. The van der Waals surface area contributed by atoms with E-state index in [2.05, 4.69) is 40.7 Å². The first-order valence-electron chi connectivity index (χ1n) is 10.1. The molecule has 4 nitrogen and oxygen atoms in total. The first kappa shape index (κ1) is 25.2. The zero-order chi connectivity index (χ0) is 21.0. The third-order valence-corrected chi connectivity index (χ3v) is 4.36. The Morgan fingerprint density at radius 1 is 0.889 bits per heavy atom. The van der Waals surface area contributed by atoms with Gasteiger partial charge in [0.1, 0.15) is 0 Å². The van der Waals surface area contributed by atoms with Gasteiger partial charge >= 0.3 is 5.97 Å². The molecule has 0 aromatic heterocycles. The summed E-state index contributed by atoms with van der Waals surface area (Å²) in [5, 5.41) is 0. The first-order valence-corrected chi connectivity index (χ1v) is 10.1. The molecule has 0 saturated heterocycles. The van der Waals surface area contributed by atoms with E-state index in [1.54, 1.807) is 13.0 Å². The van der Waals surface area contributed by atoms with Gasteiger partial charge in [-0.05, 0) is 81.1 Å². The molecule has 154 valence electrons. The van der Waals surface area contributed by atoms with Crippen LogP contribution in [-0.4, -0.2) is 35.5 Å². The summed E-state index contributed by atoms with van der Waals surface area (Å²) in [5.41, 5.74) is 3.15. The van der Waals surface area contributed by atoms with Crippen molar-refractivity contribution in [3.8, 4) is 0 Å². The Bertz CT molecular complexity index is 560. The molecular formula is C23H39NO3. The smallest absolute Gasteiger partial charge is 0.330 e. The molecule has 0 aliphatic carbocycles. The lowest BCUT2D eigenvalue weighted by Gasteiger charge is -2.31. The molecule has 0 aromatic rings. The van der Waals surface area contributed by atoms with Crippen LogP contribution in [0.15, 0.2) is 34.9 Å². The lowest BCUT2D eigenvalue weighted by Crippen LogP contribution is -2.42. The molecule has 0 fully saturated rings. The molecule has 0 spiro atoms. The van der Waals surface area contributed by atoms with Crippen molar-refractivity contribution in [2.45, 2.75) is 93.2 Å². The summed E-state index contributed by atoms with van der Waals surface area (Å²) in [7, 11) is 0. The minimum Gasteiger partial charge on any atom is -0.463 e. The van der Waals surface area contributed by atoms with E-state index in [0.717, 1.165) is 36.8 Å². The SMILES string of the molecule is CCOC(=O)C=C(C)CCC=C(C)CCC=C(C)C(=O)N(C(C)C)C(C)C. The third-order valence-electron chi connectivity index (χ3n) is 4.36. The molecule has 0 rings (SSSR count). The van der Waals surface area contributed by atoms with Crippen molar-refractivity contribution in [1.29, 1.82) is 0 Å². The summed E-state index contributed by atoms with van der Waals surface area (Å²) < 4.78 is 4.91. The van der Waals surface area contributed by atoms with E-state index in [9.17, 15) is 9.59 Å². The Labute approximate surface area is 166 Å². The fourth-order valence-corrected chi connectivity index (χ4v) is 2.98. The Balaban J connectivity index is 4.50. The Morgan fingerprint density at radius 3 is 1.93 bits per heavy atom. The molecule has 0 heterocycles. The molecule has 4 heteroatoms. The van der Waals surface area contributed by atoms with E-state index in [-0.39, 0.29) is 24.0 Å². The van der Waals surface area contributed by atoms with Crippen LogP contribution in [0, 0.1) is 0 Å². The van der Waals surface area contributed by atoms with Crippen molar-refractivity contribution in [2.75, 3.05) is 6.61 Å². The molecule has 0 N–H and O–H groups in total. The minimum absolute atomic E-state index is 0.126. The average Bonchev–Trinajstić information content (AvgIpc) is 2.53. The van der Waals surface area contributed by atoms with E-state index >= 15 is 0 Å². The van der Waals surface area contributed by atoms with E-state index in [1.807, 2.05) is 24.8 Å². The number of esters is 1. The van der Waals surface area contributed by atoms with Crippen LogP contribution in [0.25, 0.3) is 0 Å². The van der Waals surface area contributed by atoms with Crippen molar-refractivity contribution >= 4 is 11.9 Å². The highest BCUT2D eigenvalue weighted by Crippen LogP contribution is 2.14. The number of amides is 1. The highest BCUT2D eigenvalue weighted by atomic mass is 16.5. The van der Waals surface area contributed by atoms with Gasteiger partial charge in [-0.1, -0.05) is 23.3 Å².